The Balaban J connectivity index is 0. The predicted molar refractivity (Wildman–Crippen MR) is 191 cm³/mol. The van der Waals surface area contributed by atoms with E-state index in [-0.39, 0.29) is 34.5 Å². The molecule has 0 atom stereocenters. The summed E-state index contributed by atoms with van der Waals surface area (Å²) in [4.78, 5) is 26.9. The van der Waals surface area contributed by atoms with Gasteiger partial charge in [0.05, 0.1) is 27.2 Å². The smallest absolute Gasteiger partial charge is 0.149 e. The summed E-state index contributed by atoms with van der Waals surface area (Å²) in [6.45, 7) is 8.59. The molecule has 0 aliphatic rings. The van der Waals surface area contributed by atoms with Crippen LogP contribution < -0.4 is 17.0 Å². The van der Waals surface area contributed by atoms with Crippen molar-refractivity contribution in [2.24, 2.45) is 5.92 Å². The average molecular weight is 687 g/mol. The molecule has 264 valence electrons. The molecule has 0 unspecified atom stereocenters. The van der Waals surface area contributed by atoms with Gasteiger partial charge in [-0.05, 0) is 25.7 Å². The van der Waals surface area contributed by atoms with Crippen LogP contribution in [0.4, 0.5) is 0 Å². The minimum Gasteiger partial charge on any atom is -1.00 e. The van der Waals surface area contributed by atoms with Crippen molar-refractivity contribution >= 4 is 11.6 Å². The van der Waals surface area contributed by atoms with Crippen LogP contribution in [-0.4, -0.2) is 43.2 Å². The van der Waals surface area contributed by atoms with Crippen LogP contribution in [0, 0.1) is 5.92 Å². The number of halogens is 1. The first kappa shape index (κ1) is 45.9. The fourth-order valence-electron chi connectivity index (χ4n) is 6.56. The van der Waals surface area contributed by atoms with Gasteiger partial charge in [0.1, 0.15) is 17.5 Å². The average Bonchev–Trinajstić information content (AvgIpc) is 2.99. The Kier molecular flexibility index (Phi) is 35.6. The zero-order valence-electron chi connectivity index (χ0n) is 30.8. The molecule has 0 spiro atoms. The summed E-state index contributed by atoms with van der Waals surface area (Å²) < 4.78 is 0.800. The largest absolute Gasteiger partial charge is 1.00 e. The van der Waals surface area contributed by atoms with Gasteiger partial charge in [-0.25, -0.2) is 0 Å². The van der Waals surface area contributed by atoms with Gasteiger partial charge in [-0.15, -0.1) is 0 Å². The monoisotopic (exact) mass is 686 g/mol. The lowest BCUT2D eigenvalue weighted by molar-refractivity contribution is -0.891. The molecule has 0 aliphatic carbocycles. The normalized spacial score (nSPS) is 11.7. The second-order valence-corrected chi connectivity index (χ2v) is 14.7. The summed E-state index contributed by atoms with van der Waals surface area (Å²) in [5, 5.41) is 0. The van der Waals surface area contributed by atoms with Crippen molar-refractivity contribution in [3.8, 4) is 0 Å². The molecule has 0 aromatic carbocycles. The molecule has 0 bridgehead atoms. The summed E-state index contributed by atoms with van der Waals surface area (Å²) in [6, 6.07) is 0. The number of hydrogen-bond acceptors (Lipinski definition) is 2. The molecule has 4 heteroatoms. The minimum absolute atomic E-state index is 0. The Morgan fingerprint density at radius 2 is 0.659 bits per heavy atom. The second kappa shape index (κ2) is 34.1. The molecule has 0 radical (unpaired) electrons. The van der Waals surface area contributed by atoms with Crippen molar-refractivity contribution in [3.63, 3.8) is 0 Å². The van der Waals surface area contributed by atoms with Crippen molar-refractivity contribution in [3.05, 3.63) is 0 Å². The van der Waals surface area contributed by atoms with Crippen LogP contribution in [0.1, 0.15) is 213 Å². The highest BCUT2D eigenvalue weighted by Gasteiger charge is 2.32. The number of hydrogen-bond donors (Lipinski definition) is 0. The van der Waals surface area contributed by atoms with E-state index in [4.69, 9.17) is 0 Å². The Bertz CT molecular complexity index is 586. The van der Waals surface area contributed by atoms with Crippen molar-refractivity contribution in [1.29, 1.82) is 0 Å². The maximum Gasteiger partial charge on any atom is 0.149 e. The van der Waals surface area contributed by atoms with Crippen LogP contribution in [0.2, 0.25) is 0 Å². The molecular formula is C40H80BrNO2. The first-order chi connectivity index (χ1) is 20.9. The van der Waals surface area contributed by atoms with Gasteiger partial charge in [0.15, 0.2) is 0 Å². The van der Waals surface area contributed by atoms with Gasteiger partial charge >= 0.3 is 0 Å². The minimum atomic E-state index is -0.388. The lowest BCUT2D eigenvalue weighted by Gasteiger charge is -2.33. The lowest BCUT2D eigenvalue weighted by atomic mass is 9.90. The third-order valence-corrected chi connectivity index (χ3v) is 9.62. The van der Waals surface area contributed by atoms with Crippen LogP contribution in [0.15, 0.2) is 0 Å². The summed E-state index contributed by atoms with van der Waals surface area (Å²) in [5.41, 5.74) is 0. The maximum atomic E-state index is 13.4. The number of rotatable bonds is 35. The molecule has 0 aliphatic heterocycles. The zero-order chi connectivity index (χ0) is 31.9. The molecule has 0 saturated carbocycles. The van der Waals surface area contributed by atoms with Gasteiger partial charge in [-0.3, -0.25) is 9.59 Å². The molecule has 0 amide bonds. The van der Waals surface area contributed by atoms with Crippen LogP contribution >= 0.6 is 0 Å². The molecule has 0 N–H and O–H groups in total. The fourth-order valence-corrected chi connectivity index (χ4v) is 6.56. The van der Waals surface area contributed by atoms with E-state index >= 15 is 0 Å². The van der Waals surface area contributed by atoms with Gasteiger partial charge in [0, 0.05) is 12.8 Å². The van der Waals surface area contributed by atoms with Gasteiger partial charge in [-0.2, -0.15) is 0 Å². The number of Topliss-reactive ketones (excluding diaryl/α,β-unsaturated/α-hetero) is 2. The molecule has 0 saturated heterocycles. The van der Waals surface area contributed by atoms with E-state index in [1.165, 1.54) is 154 Å². The molecular weight excluding hydrogens is 606 g/mol. The van der Waals surface area contributed by atoms with E-state index in [2.05, 4.69) is 34.9 Å². The van der Waals surface area contributed by atoms with Crippen LogP contribution in [0.5, 0.6) is 0 Å². The molecule has 0 aromatic heterocycles. The second-order valence-electron chi connectivity index (χ2n) is 14.7. The molecule has 0 fully saturated rings. The first-order valence-corrected chi connectivity index (χ1v) is 19.7. The van der Waals surface area contributed by atoms with Crippen molar-refractivity contribution in [2.45, 2.75) is 213 Å². The lowest BCUT2D eigenvalue weighted by Crippen LogP contribution is -3.00. The Morgan fingerprint density at radius 1 is 0.409 bits per heavy atom. The standard InChI is InChI=1S/C40H80NO2.BrH/c1-6-9-12-15-18-21-24-27-30-33-36-41(4,5)37-38(39(42)34-31-28-25-22-19-16-13-10-7-2)40(43)35-32-29-26-23-20-17-14-11-8-3;/h38H,6-37H2,1-5H3;1H/q+1;/p-1. The third kappa shape index (κ3) is 30.4. The van der Waals surface area contributed by atoms with Crippen LogP contribution in [-0.2, 0) is 9.59 Å². The van der Waals surface area contributed by atoms with Crippen LogP contribution in [0.3, 0.4) is 0 Å². The molecule has 0 rings (SSSR count). The Hall–Kier alpha value is -0.220. The van der Waals surface area contributed by atoms with Gasteiger partial charge < -0.3 is 21.5 Å². The van der Waals surface area contributed by atoms with E-state index in [9.17, 15) is 9.59 Å². The van der Waals surface area contributed by atoms with E-state index in [0.29, 0.717) is 19.4 Å². The number of nitrogens with zero attached hydrogens (tertiary/aromatic N) is 1. The summed E-state index contributed by atoms with van der Waals surface area (Å²) >= 11 is 0. The van der Waals surface area contributed by atoms with Gasteiger partial charge in [0.25, 0.3) is 0 Å². The summed E-state index contributed by atoms with van der Waals surface area (Å²) in [6.07, 6.45) is 37.3. The Labute approximate surface area is 288 Å². The van der Waals surface area contributed by atoms with Gasteiger partial charge in [-0.1, -0.05) is 175 Å². The predicted octanol–water partition coefficient (Wildman–Crippen LogP) is 9.58. The maximum absolute atomic E-state index is 13.4. The van der Waals surface area contributed by atoms with Crippen molar-refractivity contribution < 1.29 is 31.1 Å². The number of carbonyl (C=O) groups excluding carboxylic acids is 2. The summed E-state index contributed by atoms with van der Waals surface area (Å²) in [5.74, 6) is 0.0810. The molecule has 3 nitrogen and oxygen atoms in total. The SMILES string of the molecule is CCCCCCCCCCCC[N+](C)(C)CC(C(=O)CCCCCCCCCCC)C(=O)CCCCCCCCCCC.[Br-]. The summed E-state index contributed by atoms with van der Waals surface area (Å²) in [7, 11) is 4.50. The number of quaternary nitrogens is 1. The van der Waals surface area contributed by atoms with Crippen LogP contribution in [0.25, 0.3) is 0 Å². The first-order valence-electron chi connectivity index (χ1n) is 19.7. The van der Waals surface area contributed by atoms with Crippen molar-refractivity contribution in [2.75, 3.05) is 27.2 Å². The topological polar surface area (TPSA) is 34.1 Å². The molecule has 0 aromatic rings. The van der Waals surface area contributed by atoms with E-state index in [0.717, 1.165) is 36.7 Å². The highest BCUT2D eigenvalue weighted by Crippen LogP contribution is 2.20. The fraction of sp³-hybridized carbons (Fsp3) is 0.950. The third-order valence-electron chi connectivity index (χ3n) is 9.62. The van der Waals surface area contributed by atoms with Crippen molar-refractivity contribution in [1.82, 2.24) is 0 Å². The highest BCUT2D eigenvalue weighted by molar-refractivity contribution is 6.02. The van der Waals surface area contributed by atoms with E-state index < -0.39 is 0 Å². The number of carbonyl (C=O) groups is 2. The molecule has 0 heterocycles. The van der Waals surface area contributed by atoms with Gasteiger partial charge in [0.2, 0.25) is 0 Å². The number of ketones is 2. The number of unbranched alkanes of at least 4 members (excludes halogenated alkanes) is 25. The van der Waals surface area contributed by atoms with E-state index in [1.807, 2.05) is 0 Å². The quantitative estimate of drug-likeness (QED) is 0.0378. The highest BCUT2D eigenvalue weighted by atomic mass is 79.9. The molecule has 44 heavy (non-hydrogen) atoms. The Morgan fingerprint density at radius 3 is 0.955 bits per heavy atom. The zero-order valence-corrected chi connectivity index (χ0v) is 32.4. The van der Waals surface area contributed by atoms with E-state index in [1.54, 1.807) is 0 Å².